The number of hydrogen-bond acceptors (Lipinski definition) is 7. The van der Waals surface area contributed by atoms with Crippen molar-refractivity contribution in [2.24, 2.45) is 0 Å². The van der Waals surface area contributed by atoms with Gasteiger partial charge in [-0.25, -0.2) is 13.1 Å². The lowest BCUT2D eigenvalue weighted by atomic mass is 10.0. The Morgan fingerprint density at radius 3 is 2.05 bits per heavy atom. The highest BCUT2D eigenvalue weighted by Gasteiger charge is 2.27. The molecule has 0 spiro atoms. The molecule has 2 aliphatic rings. The van der Waals surface area contributed by atoms with Gasteiger partial charge in [0.25, 0.3) is 5.91 Å². The molecule has 3 aromatic rings. The largest absolute Gasteiger partial charge is 0.368 e. The van der Waals surface area contributed by atoms with E-state index in [1.165, 1.54) is 0 Å². The zero-order valence-corrected chi connectivity index (χ0v) is 23.8. The van der Waals surface area contributed by atoms with Crippen molar-refractivity contribution < 1.29 is 13.6 Å². The Balaban J connectivity index is 1.24. The smallest absolute Gasteiger partial charge is 0.254 e. The summed E-state index contributed by atoms with van der Waals surface area (Å²) in [5.74, 6) is -2.10. The number of benzene rings is 3. The van der Waals surface area contributed by atoms with Crippen molar-refractivity contribution in [3.8, 4) is 12.1 Å². The predicted molar refractivity (Wildman–Crippen MR) is 156 cm³/mol. The first-order valence-electron chi connectivity index (χ1n) is 13.5. The Kier molecular flexibility index (Phi) is 8.44. The van der Waals surface area contributed by atoms with Crippen LogP contribution in [0.2, 0.25) is 0 Å². The Morgan fingerprint density at radius 2 is 1.37 bits per heavy atom. The summed E-state index contributed by atoms with van der Waals surface area (Å²) in [6.07, 6.45) is 0. The van der Waals surface area contributed by atoms with Gasteiger partial charge in [0, 0.05) is 68.9 Å². The highest BCUT2D eigenvalue weighted by molar-refractivity contribution is 7.97. The average Bonchev–Trinajstić information content (AvgIpc) is 2.99. The number of hydrogen-bond donors (Lipinski definition) is 0. The van der Waals surface area contributed by atoms with Crippen molar-refractivity contribution in [2.75, 3.05) is 62.2 Å². The maximum Gasteiger partial charge on any atom is 0.254 e. The Morgan fingerprint density at radius 1 is 0.756 bits per heavy atom. The molecule has 0 N–H and O–H groups in total. The van der Waals surface area contributed by atoms with E-state index in [2.05, 4.69) is 22.2 Å². The summed E-state index contributed by atoms with van der Waals surface area (Å²) in [6, 6.07) is 17.9. The van der Waals surface area contributed by atoms with Gasteiger partial charge in [0.1, 0.15) is 12.1 Å². The van der Waals surface area contributed by atoms with E-state index in [-0.39, 0.29) is 11.5 Å². The van der Waals surface area contributed by atoms with Crippen LogP contribution < -0.4 is 9.80 Å². The molecular weight excluding hydrogens is 542 g/mol. The number of carbonyl (C=O) groups excluding carboxylic acids is 1. The highest BCUT2D eigenvalue weighted by atomic mass is 32.2. The van der Waals surface area contributed by atoms with E-state index in [1.807, 2.05) is 54.3 Å². The summed E-state index contributed by atoms with van der Waals surface area (Å²) in [5.41, 5.74) is 4.74. The van der Waals surface area contributed by atoms with Gasteiger partial charge in [0.2, 0.25) is 0 Å². The molecule has 7 nitrogen and oxygen atoms in total. The van der Waals surface area contributed by atoms with Gasteiger partial charge in [0.05, 0.1) is 22.5 Å². The molecule has 2 heterocycles. The van der Waals surface area contributed by atoms with E-state index in [9.17, 15) is 24.1 Å². The molecule has 5 rings (SSSR count). The van der Waals surface area contributed by atoms with Gasteiger partial charge in [0.15, 0.2) is 11.6 Å². The minimum Gasteiger partial charge on any atom is -0.368 e. The Hall–Kier alpha value is -4.12. The molecule has 0 unspecified atom stereocenters. The molecule has 41 heavy (non-hydrogen) atoms. The van der Waals surface area contributed by atoms with E-state index in [0.717, 1.165) is 60.0 Å². The fourth-order valence-corrected chi connectivity index (χ4v) is 6.37. The molecule has 10 heteroatoms. The summed E-state index contributed by atoms with van der Waals surface area (Å²) in [6.45, 7) is 8.88. The lowest BCUT2D eigenvalue weighted by Gasteiger charge is -2.37. The van der Waals surface area contributed by atoms with Crippen molar-refractivity contribution in [2.45, 2.75) is 18.7 Å². The Bertz CT molecular complexity index is 1550. The van der Waals surface area contributed by atoms with Crippen LogP contribution in [0.5, 0.6) is 0 Å². The summed E-state index contributed by atoms with van der Waals surface area (Å²) in [5, 5.41) is 18.8. The molecule has 1 amide bonds. The van der Waals surface area contributed by atoms with Gasteiger partial charge in [-0.3, -0.25) is 4.79 Å². The van der Waals surface area contributed by atoms with Crippen LogP contribution in [0.4, 0.5) is 20.2 Å². The van der Waals surface area contributed by atoms with Gasteiger partial charge in [-0.05, 0) is 61.2 Å². The standard InChI is InChI=1S/C31H30F2N6OS/c1-21-15-22(2)30(41-39-13-11-36(12-14-39)28-6-4-3-5-23(28)19-34)17-25(21)31(40)38-9-7-37(8-10-38)29-18-27(33)26(32)16-24(29)20-35/h3-6,15-18H,7-14H2,1-2H3. The van der Waals surface area contributed by atoms with Crippen LogP contribution >= 0.6 is 11.9 Å². The van der Waals surface area contributed by atoms with Crippen LogP contribution in [0.25, 0.3) is 0 Å². The lowest BCUT2D eigenvalue weighted by Crippen LogP contribution is -2.49. The summed E-state index contributed by atoms with van der Waals surface area (Å²) in [4.78, 5) is 20.5. The van der Waals surface area contributed by atoms with Crippen LogP contribution in [0.15, 0.2) is 53.4 Å². The fraction of sp³-hybridized carbons (Fsp3) is 0.323. The highest BCUT2D eigenvalue weighted by Crippen LogP contribution is 2.32. The number of amides is 1. The molecule has 0 aliphatic carbocycles. The number of nitriles is 2. The maximum atomic E-state index is 13.9. The molecule has 2 saturated heterocycles. The third-order valence-corrected chi connectivity index (χ3v) is 8.91. The summed E-state index contributed by atoms with van der Waals surface area (Å²) >= 11 is 1.66. The van der Waals surface area contributed by atoms with E-state index in [4.69, 9.17) is 0 Å². The zero-order chi connectivity index (χ0) is 29.1. The SMILES string of the molecule is Cc1cc(C)c(C(=O)N2CCN(c3cc(F)c(F)cc3C#N)CC2)cc1SN1CCN(c2ccccc2C#N)CC1. The Labute approximate surface area is 243 Å². The number of piperazine rings is 2. The normalized spacial score (nSPS) is 15.9. The van der Waals surface area contributed by atoms with E-state index < -0.39 is 11.6 Å². The van der Waals surface area contributed by atoms with Crippen LogP contribution in [-0.2, 0) is 0 Å². The average molecular weight is 573 g/mol. The molecule has 0 atom stereocenters. The van der Waals surface area contributed by atoms with Crippen molar-refractivity contribution >= 4 is 29.2 Å². The molecular formula is C31H30F2N6OS. The topological polar surface area (TPSA) is 77.6 Å². The lowest BCUT2D eigenvalue weighted by molar-refractivity contribution is 0.0745. The first kappa shape index (κ1) is 28.4. The molecule has 2 fully saturated rings. The maximum absolute atomic E-state index is 13.9. The van der Waals surface area contributed by atoms with Crippen LogP contribution in [0, 0.1) is 48.1 Å². The van der Waals surface area contributed by atoms with Gasteiger partial charge in [-0.1, -0.05) is 18.2 Å². The quantitative estimate of drug-likeness (QED) is 0.393. The molecule has 2 aliphatic heterocycles. The number of carbonyl (C=O) groups is 1. The van der Waals surface area contributed by atoms with E-state index in [0.29, 0.717) is 43.0 Å². The van der Waals surface area contributed by atoms with Crippen LogP contribution in [0.3, 0.4) is 0 Å². The summed E-state index contributed by atoms with van der Waals surface area (Å²) < 4.78 is 29.8. The number of nitrogens with zero attached hydrogens (tertiary/aromatic N) is 6. The fourth-order valence-electron chi connectivity index (χ4n) is 5.37. The van der Waals surface area contributed by atoms with E-state index in [1.54, 1.807) is 16.8 Å². The van der Waals surface area contributed by atoms with Crippen LogP contribution in [0.1, 0.15) is 32.6 Å². The van der Waals surface area contributed by atoms with Crippen molar-refractivity contribution in [3.63, 3.8) is 0 Å². The first-order chi connectivity index (χ1) is 19.8. The number of anilines is 2. The minimum atomic E-state index is -1.05. The molecule has 0 radical (unpaired) electrons. The molecule has 0 aromatic heterocycles. The monoisotopic (exact) mass is 572 g/mol. The number of halogens is 2. The van der Waals surface area contributed by atoms with Crippen molar-refractivity contribution in [1.82, 2.24) is 9.21 Å². The van der Waals surface area contributed by atoms with Crippen LogP contribution in [-0.4, -0.2) is 67.5 Å². The number of rotatable bonds is 5. The second kappa shape index (κ2) is 12.2. The summed E-state index contributed by atoms with van der Waals surface area (Å²) in [7, 11) is 0. The predicted octanol–water partition coefficient (Wildman–Crippen LogP) is 5.12. The molecule has 0 bridgehead atoms. The third kappa shape index (κ3) is 6.00. The molecule has 0 saturated carbocycles. The van der Waals surface area contributed by atoms with Crippen molar-refractivity contribution in [3.05, 3.63) is 88.0 Å². The molecule has 210 valence electrons. The molecule has 3 aromatic carbocycles. The van der Waals surface area contributed by atoms with Gasteiger partial charge in [-0.2, -0.15) is 10.5 Å². The first-order valence-corrected chi connectivity index (χ1v) is 14.3. The number of aryl methyl sites for hydroxylation is 2. The van der Waals surface area contributed by atoms with Crippen molar-refractivity contribution in [1.29, 1.82) is 10.5 Å². The minimum absolute atomic E-state index is 0.0623. The number of para-hydroxylation sites is 1. The van der Waals surface area contributed by atoms with Gasteiger partial charge < -0.3 is 14.7 Å². The van der Waals surface area contributed by atoms with Gasteiger partial charge in [-0.15, -0.1) is 0 Å². The van der Waals surface area contributed by atoms with E-state index >= 15 is 0 Å². The zero-order valence-electron chi connectivity index (χ0n) is 23.0. The second-order valence-corrected chi connectivity index (χ2v) is 11.4. The third-order valence-electron chi connectivity index (χ3n) is 7.65. The van der Waals surface area contributed by atoms with Gasteiger partial charge >= 0.3 is 0 Å². The second-order valence-electron chi connectivity index (χ2n) is 10.2.